The highest BCUT2D eigenvalue weighted by atomic mass is 32.1. The average Bonchev–Trinajstić information content (AvgIpc) is 3.07. The van der Waals surface area contributed by atoms with Crippen LogP contribution in [0.4, 0.5) is 4.79 Å². The molecule has 0 aromatic carbocycles. The molecule has 1 aromatic rings. The van der Waals surface area contributed by atoms with Gasteiger partial charge in [0.15, 0.2) is 5.69 Å². The number of thiazole rings is 1. The summed E-state index contributed by atoms with van der Waals surface area (Å²) in [5.74, 6) is -1.03. The molecule has 2 rings (SSSR count). The van der Waals surface area contributed by atoms with Crippen LogP contribution in [0.2, 0.25) is 0 Å². The largest absolute Gasteiger partial charge is 0.476 e. The average molecular weight is 313 g/mol. The van der Waals surface area contributed by atoms with Gasteiger partial charge in [0.05, 0.1) is 11.1 Å². The van der Waals surface area contributed by atoms with E-state index in [4.69, 9.17) is 9.84 Å². The lowest BCUT2D eigenvalue weighted by molar-refractivity contribution is 0.0691. The minimum atomic E-state index is -1.03. The fourth-order valence-corrected chi connectivity index (χ4v) is 3.10. The van der Waals surface area contributed by atoms with Crippen LogP contribution in [0.5, 0.6) is 0 Å². The van der Waals surface area contributed by atoms with E-state index in [-0.39, 0.29) is 23.9 Å². The Morgan fingerprint density at radius 2 is 2.33 bits per heavy atom. The van der Waals surface area contributed by atoms with Gasteiger partial charge in [-0.15, -0.1) is 11.3 Å². The van der Waals surface area contributed by atoms with Crippen LogP contribution in [0.25, 0.3) is 0 Å². The Morgan fingerprint density at radius 1 is 1.52 bits per heavy atom. The second-order valence-electron chi connectivity index (χ2n) is 4.95. The number of hydrogen-bond acceptors (Lipinski definition) is 5. The molecule has 0 aliphatic heterocycles. The first kappa shape index (κ1) is 15.7. The van der Waals surface area contributed by atoms with Crippen LogP contribution in [0.3, 0.4) is 0 Å². The first-order valence-corrected chi connectivity index (χ1v) is 7.71. The van der Waals surface area contributed by atoms with Gasteiger partial charge in [0, 0.05) is 31.5 Å². The van der Waals surface area contributed by atoms with Gasteiger partial charge in [0.25, 0.3) is 0 Å². The summed E-state index contributed by atoms with van der Waals surface area (Å²) in [5.41, 5.74) is 0.0519. The quantitative estimate of drug-likeness (QED) is 0.734. The lowest BCUT2D eigenvalue weighted by Crippen LogP contribution is -2.41. The Balaban J connectivity index is 1.66. The topological polar surface area (TPSA) is 101 Å². The van der Waals surface area contributed by atoms with Gasteiger partial charge >= 0.3 is 12.0 Å². The number of urea groups is 1. The molecule has 2 amide bonds. The number of carbonyl (C=O) groups excluding carboxylic acids is 1. The maximum Gasteiger partial charge on any atom is 0.355 e. The smallest absolute Gasteiger partial charge is 0.355 e. The van der Waals surface area contributed by atoms with Crippen molar-refractivity contribution < 1.29 is 19.4 Å². The maximum absolute atomic E-state index is 11.7. The van der Waals surface area contributed by atoms with Crippen LogP contribution < -0.4 is 10.6 Å². The second-order valence-corrected chi connectivity index (χ2v) is 5.89. The number of aromatic nitrogens is 1. The number of nitrogens with zero attached hydrogens (tertiary/aromatic N) is 1. The third kappa shape index (κ3) is 4.68. The molecule has 1 saturated carbocycles. The number of rotatable bonds is 6. The molecule has 1 aliphatic rings. The molecular weight excluding hydrogens is 294 g/mol. The standard InChI is InChI=1S/C13H19N3O4S/c1-20-9-3-2-8(6-9)15-13(19)14-5-4-11-16-10(7-21-11)12(17)18/h7-9H,2-6H2,1H3,(H,17,18)(H2,14,15,19). The summed E-state index contributed by atoms with van der Waals surface area (Å²) >= 11 is 1.29. The predicted octanol–water partition coefficient (Wildman–Crippen LogP) is 1.25. The van der Waals surface area contributed by atoms with Crippen molar-refractivity contribution >= 4 is 23.3 Å². The molecule has 1 fully saturated rings. The van der Waals surface area contributed by atoms with Crippen LogP contribution in [0.15, 0.2) is 5.38 Å². The van der Waals surface area contributed by atoms with Gasteiger partial charge in [0.2, 0.25) is 0 Å². The maximum atomic E-state index is 11.7. The van der Waals surface area contributed by atoms with Gasteiger partial charge in [-0.05, 0) is 19.3 Å². The monoisotopic (exact) mass is 313 g/mol. The SMILES string of the molecule is COC1CCC(NC(=O)NCCc2nc(C(=O)O)cs2)C1. The number of aromatic carboxylic acids is 1. The van der Waals surface area contributed by atoms with E-state index in [0.717, 1.165) is 19.3 Å². The van der Waals surface area contributed by atoms with Gasteiger partial charge in [-0.2, -0.15) is 0 Å². The van der Waals surface area contributed by atoms with Gasteiger partial charge < -0.3 is 20.5 Å². The van der Waals surface area contributed by atoms with Crippen molar-refractivity contribution in [3.8, 4) is 0 Å². The molecule has 0 radical (unpaired) electrons. The second kappa shape index (κ2) is 7.37. The molecule has 0 saturated heterocycles. The highest BCUT2D eigenvalue weighted by Crippen LogP contribution is 2.21. The van der Waals surface area contributed by atoms with Gasteiger partial charge in [0.1, 0.15) is 0 Å². The number of carbonyl (C=O) groups is 2. The summed E-state index contributed by atoms with van der Waals surface area (Å²) < 4.78 is 5.26. The number of methoxy groups -OCH3 is 1. The lowest BCUT2D eigenvalue weighted by Gasteiger charge is -2.13. The van der Waals surface area contributed by atoms with Crippen LogP contribution in [0, 0.1) is 0 Å². The molecule has 116 valence electrons. The fraction of sp³-hybridized carbons (Fsp3) is 0.615. The van der Waals surface area contributed by atoms with E-state index in [1.807, 2.05) is 0 Å². The zero-order valence-corrected chi connectivity index (χ0v) is 12.6. The van der Waals surface area contributed by atoms with E-state index in [1.54, 1.807) is 7.11 Å². The predicted molar refractivity (Wildman–Crippen MR) is 77.7 cm³/mol. The van der Waals surface area contributed by atoms with Crippen LogP contribution in [-0.4, -0.2) is 47.9 Å². The van der Waals surface area contributed by atoms with Crippen molar-refractivity contribution in [2.45, 2.75) is 37.8 Å². The number of ether oxygens (including phenoxy) is 1. The van der Waals surface area contributed by atoms with Crippen molar-refractivity contribution in [2.75, 3.05) is 13.7 Å². The molecule has 2 unspecified atom stereocenters. The number of amides is 2. The van der Waals surface area contributed by atoms with Crippen molar-refractivity contribution in [1.29, 1.82) is 0 Å². The Morgan fingerprint density at radius 3 is 2.95 bits per heavy atom. The number of nitrogens with one attached hydrogen (secondary N) is 2. The van der Waals surface area contributed by atoms with Crippen molar-refractivity contribution in [3.63, 3.8) is 0 Å². The zero-order valence-electron chi connectivity index (χ0n) is 11.8. The van der Waals surface area contributed by atoms with E-state index in [9.17, 15) is 9.59 Å². The minimum absolute atomic E-state index is 0.0519. The molecule has 1 aliphatic carbocycles. The van der Waals surface area contributed by atoms with E-state index in [1.165, 1.54) is 16.7 Å². The van der Waals surface area contributed by atoms with Crippen molar-refractivity contribution in [3.05, 3.63) is 16.1 Å². The highest BCUT2D eigenvalue weighted by molar-refractivity contribution is 7.09. The van der Waals surface area contributed by atoms with Gasteiger partial charge in [-0.3, -0.25) is 0 Å². The third-order valence-electron chi connectivity index (χ3n) is 3.45. The Kier molecular flexibility index (Phi) is 5.51. The Bertz CT molecular complexity index is 505. The summed E-state index contributed by atoms with van der Waals surface area (Å²) in [6.45, 7) is 0.429. The lowest BCUT2D eigenvalue weighted by atomic mass is 10.2. The van der Waals surface area contributed by atoms with Gasteiger partial charge in [-0.1, -0.05) is 0 Å². The molecule has 8 heteroatoms. The van der Waals surface area contributed by atoms with E-state index >= 15 is 0 Å². The molecule has 3 N–H and O–H groups in total. The van der Waals surface area contributed by atoms with Crippen LogP contribution in [-0.2, 0) is 11.2 Å². The number of carboxylic acid groups (broad SMARTS) is 1. The fourth-order valence-electron chi connectivity index (χ4n) is 2.33. The first-order chi connectivity index (χ1) is 10.1. The normalized spacial score (nSPS) is 21.2. The minimum Gasteiger partial charge on any atom is -0.476 e. The first-order valence-electron chi connectivity index (χ1n) is 6.83. The summed E-state index contributed by atoms with van der Waals surface area (Å²) in [7, 11) is 1.69. The molecule has 2 atom stereocenters. The van der Waals surface area contributed by atoms with Crippen molar-refractivity contribution in [2.24, 2.45) is 0 Å². The number of hydrogen-bond donors (Lipinski definition) is 3. The Hall–Kier alpha value is -1.67. The Labute approximate surface area is 126 Å². The molecular formula is C13H19N3O4S. The molecule has 0 bridgehead atoms. The van der Waals surface area contributed by atoms with Crippen molar-refractivity contribution in [1.82, 2.24) is 15.6 Å². The zero-order chi connectivity index (χ0) is 15.2. The van der Waals surface area contributed by atoms with E-state index in [0.29, 0.717) is 18.0 Å². The van der Waals surface area contributed by atoms with Crippen LogP contribution >= 0.6 is 11.3 Å². The summed E-state index contributed by atoms with van der Waals surface area (Å²) in [6.07, 6.45) is 3.51. The summed E-state index contributed by atoms with van der Waals surface area (Å²) in [5, 5.41) is 16.6. The molecule has 21 heavy (non-hydrogen) atoms. The molecule has 7 nitrogen and oxygen atoms in total. The molecule has 1 heterocycles. The van der Waals surface area contributed by atoms with Crippen LogP contribution in [0.1, 0.15) is 34.8 Å². The van der Waals surface area contributed by atoms with E-state index < -0.39 is 5.97 Å². The van der Waals surface area contributed by atoms with E-state index in [2.05, 4.69) is 15.6 Å². The number of carboxylic acids is 1. The summed E-state index contributed by atoms with van der Waals surface area (Å²) in [4.78, 5) is 26.4. The molecule has 0 spiro atoms. The third-order valence-corrected chi connectivity index (χ3v) is 4.36. The molecule has 1 aromatic heterocycles. The highest BCUT2D eigenvalue weighted by Gasteiger charge is 2.25. The summed E-state index contributed by atoms with van der Waals surface area (Å²) in [6, 6.07) is -0.0415. The van der Waals surface area contributed by atoms with Gasteiger partial charge in [-0.25, -0.2) is 14.6 Å².